The van der Waals surface area contributed by atoms with Gasteiger partial charge >= 0.3 is 5.97 Å². The fourth-order valence-corrected chi connectivity index (χ4v) is 0.428. The molecule has 0 saturated heterocycles. The van der Waals surface area contributed by atoms with Crippen LogP contribution in [-0.4, -0.2) is 22.7 Å². The lowest BCUT2D eigenvalue weighted by Crippen LogP contribution is -2.10. The summed E-state index contributed by atoms with van der Waals surface area (Å²) in [5.74, 6) is -0.646. The van der Waals surface area contributed by atoms with Crippen LogP contribution in [0.3, 0.4) is 0 Å². The Morgan fingerprint density at radius 2 is 1.75 bits per heavy atom. The van der Waals surface area contributed by atoms with E-state index < -0.39 is 5.97 Å². The molecule has 0 aliphatic heterocycles. The first-order chi connectivity index (χ1) is 5.66. The van der Waals surface area contributed by atoms with E-state index in [0.717, 1.165) is 0 Å². The highest BCUT2D eigenvalue weighted by Crippen LogP contribution is 2.02. The van der Waals surface area contributed by atoms with Gasteiger partial charge in [-0.3, -0.25) is 4.79 Å². The third-order valence-corrected chi connectivity index (χ3v) is 0.931. The Morgan fingerprint density at radius 1 is 1.33 bits per heavy atom. The summed E-state index contributed by atoms with van der Waals surface area (Å²) in [6, 6.07) is 8.71. The number of aromatic hydroxyl groups is 1. The van der Waals surface area contributed by atoms with Crippen molar-refractivity contribution in [1.29, 1.82) is 0 Å². The molecule has 0 atom stereocenters. The molecule has 4 N–H and O–H groups in total. The Bertz CT molecular complexity index is 223. The number of carboxylic acid groups (broad SMARTS) is 1. The number of phenolic OH excluding ortho intramolecular Hbond substituents is 1. The molecular formula is C8H11NO3. The van der Waals surface area contributed by atoms with Crippen LogP contribution in [0.25, 0.3) is 0 Å². The normalized spacial score (nSPS) is 8.08. The Morgan fingerprint density at radius 3 is 1.92 bits per heavy atom. The van der Waals surface area contributed by atoms with Crippen LogP contribution in [0.1, 0.15) is 0 Å². The van der Waals surface area contributed by atoms with Gasteiger partial charge in [0.15, 0.2) is 0 Å². The zero-order valence-corrected chi connectivity index (χ0v) is 6.47. The van der Waals surface area contributed by atoms with Gasteiger partial charge in [-0.15, -0.1) is 0 Å². The molecule has 1 aromatic carbocycles. The van der Waals surface area contributed by atoms with E-state index in [4.69, 9.17) is 10.2 Å². The van der Waals surface area contributed by atoms with Gasteiger partial charge in [0.25, 0.3) is 0 Å². The topological polar surface area (TPSA) is 83.6 Å². The number of para-hydroxylation sites is 1. The number of aliphatic carboxylic acids is 1. The van der Waals surface area contributed by atoms with Crippen LogP contribution in [0.15, 0.2) is 30.3 Å². The molecule has 66 valence electrons. The smallest absolute Gasteiger partial charge is 0.317 e. The number of carbonyl (C=O) groups is 1. The molecule has 0 fully saturated rings. The fraction of sp³-hybridized carbons (Fsp3) is 0.125. The van der Waals surface area contributed by atoms with Gasteiger partial charge in [0.2, 0.25) is 0 Å². The molecule has 0 aliphatic rings. The zero-order valence-electron chi connectivity index (χ0n) is 6.47. The van der Waals surface area contributed by atoms with Gasteiger partial charge in [0.1, 0.15) is 5.75 Å². The van der Waals surface area contributed by atoms with Crippen LogP contribution in [0, 0.1) is 0 Å². The van der Waals surface area contributed by atoms with Crippen molar-refractivity contribution in [2.45, 2.75) is 0 Å². The summed E-state index contributed by atoms with van der Waals surface area (Å²) < 4.78 is 0. The largest absolute Gasteiger partial charge is 0.508 e. The van der Waals surface area contributed by atoms with Crippen molar-refractivity contribution in [1.82, 2.24) is 0 Å². The number of rotatable bonds is 1. The summed E-state index contributed by atoms with van der Waals surface area (Å²) in [5.41, 5.74) is 4.57. The highest BCUT2D eigenvalue weighted by atomic mass is 16.4. The summed E-state index contributed by atoms with van der Waals surface area (Å²) in [7, 11) is 0. The fourth-order valence-electron chi connectivity index (χ4n) is 0.428. The van der Waals surface area contributed by atoms with Gasteiger partial charge in [-0.1, -0.05) is 18.2 Å². The zero-order chi connectivity index (χ0) is 9.40. The monoisotopic (exact) mass is 169 g/mol. The molecule has 4 nitrogen and oxygen atoms in total. The van der Waals surface area contributed by atoms with E-state index in [1.165, 1.54) is 0 Å². The van der Waals surface area contributed by atoms with Crippen LogP contribution < -0.4 is 5.73 Å². The number of hydrogen-bond donors (Lipinski definition) is 3. The highest BCUT2D eigenvalue weighted by Gasteiger charge is 1.81. The maximum absolute atomic E-state index is 9.24. The Balaban J connectivity index is 0.000000217. The SMILES string of the molecule is NCC(=O)O.Oc1ccccc1. The number of nitrogens with two attached hydrogens (primary N) is 1. The van der Waals surface area contributed by atoms with E-state index in [9.17, 15) is 4.79 Å². The molecule has 4 heteroatoms. The van der Waals surface area contributed by atoms with E-state index >= 15 is 0 Å². The first-order valence-corrected chi connectivity index (χ1v) is 3.32. The molecule has 1 rings (SSSR count). The van der Waals surface area contributed by atoms with Gasteiger partial charge in [-0.2, -0.15) is 0 Å². The third-order valence-electron chi connectivity index (χ3n) is 0.931. The molecular weight excluding hydrogens is 158 g/mol. The maximum Gasteiger partial charge on any atom is 0.317 e. The first kappa shape index (κ1) is 10.4. The maximum atomic E-state index is 9.24. The van der Waals surface area contributed by atoms with Crippen LogP contribution in [0.4, 0.5) is 0 Å². The predicted molar refractivity (Wildman–Crippen MR) is 44.8 cm³/mol. The van der Waals surface area contributed by atoms with Gasteiger partial charge in [0.05, 0.1) is 6.54 Å². The summed E-state index contributed by atoms with van der Waals surface area (Å²) in [6.07, 6.45) is 0. The van der Waals surface area contributed by atoms with Crippen molar-refractivity contribution < 1.29 is 15.0 Å². The van der Waals surface area contributed by atoms with Crippen molar-refractivity contribution in [3.05, 3.63) is 30.3 Å². The van der Waals surface area contributed by atoms with Gasteiger partial charge < -0.3 is 15.9 Å². The van der Waals surface area contributed by atoms with Crippen molar-refractivity contribution in [2.75, 3.05) is 6.54 Å². The molecule has 0 radical (unpaired) electrons. The van der Waals surface area contributed by atoms with Crippen LogP contribution in [0.5, 0.6) is 5.75 Å². The minimum Gasteiger partial charge on any atom is -0.508 e. The van der Waals surface area contributed by atoms with E-state index in [0.29, 0.717) is 5.75 Å². The Kier molecular flexibility index (Phi) is 5.38. The van der Waals surface area contributed by atoms with E-state index in [-0.39, 0.29) is 6.54 Å². The second-order valence-electron chi connectivity index (χ2n) is 1.93. The second kappa shape index (κ2) is 6.18. The minimum absolute atomic E-state index is 0.278. The van der Waals surface area contributed by atoms with E-state index in [2.05, 4.69) is 5.73 Å². The average molecular weight is 169 g/mol. The Labute approximate surface area is 70.3 Å². The summed E-state index contributed by atoms with van der Waals surface area (Å²) in [5, 5.41) is 16.2. The van der Waals surface area contributed by atoms with Gasteiger partial charge in [0, 0.05) is 0 Å². The Hall–Kier alpha value is -1.55. The lowest BCUT2D eigenvalue weighted by Gasteiger charge is -1.82. The first-order valence-electron chi connectivity index (χ1n) is 3.32. The lowest BCUT2D eigenvalue weighted by molar-refractivity contribution is -0.135. The molecule has 0 aromatic heterocycles. The molecule has 0 bridgehead atoms. The molecule has 0 heterocycles. The number of benzene rings is 1. The molecule has 0 unspecified atom stereocenters. The number of phenols is 1. The van der Waals surface area contributed by atoms with Crippen LogP contribution in [-0.2, 0) is 4.79 Å². The van der Waals surface area contributed by atoms with Gasteiger partial charge in [-0.05, 0) is 12.1 Å². The van der Waals surface area contributed by atoms with Crippen LogP contribution >= 0.6 is 0 Å². The molecule has 0 spiro atoms. The quantitative estimate of drug-likeness (QED) is 0.569. The van der Waals surface area contributed by atoms with Crippen molar-refractivity contribution in [3.63, 3.8) is 0 Å². The molecule has 0 saturated carbocycles. The van der Waals surface area contributed by atoms with Crippen LogP contribution in [0.2, 0.25) is 0 Å². The summed E-state index contributed by atoms with van der Waals surface area (Å²) in [6.45, 7) is -0.278. The molecule has 0 amide bonds. The van der Waals surface area contributed by atoms with Crippen molar-refractivity contribution in [2.24, 2.45) is 5.73 Å². The van der Waals surface area contributed by atoms with E-state index in [1.807, 2.05) is 6.07 Å². The highest BCUT2D eigenvalue weighted by molar-refractivity contribution is 5.68. The van der Waals surface area contributed by atoms with Gasteiger partial charge in [-0.25, -0.2) is 0 Å². The minimum atomic E-state index is -0.968. The summed E-state index contributed by atoms with van der Waals surface area (Å²) in [4.78, 5) is 9.24. The summed E-state index contributed by atoms with van der Waals surface area (Å²) >= 11 is 0. The molecule has 1 aromatic rings. The molecule has 0 aliphatic carbocycles. The lowest BCUT2D eigenvalue weighted by atomic mass is 10.3. The standard InChI is InChI=1S/C6H6O.C2H5NO2/c7-6-4-2-1-3-5-6;3-1-2(4)5/h1-5,7H;1,3H2,(H,4,5). The van der Waals surface area contributed by atoms with E-state index in [1.54, 1.807) is 24.3 Å². The number of carboxylic acids is 1. The third kappa shape index (κ3) is 6.57. The predicted octanol–water partition coefficient (Wildman–Crippen LogP) is 0.422. The number of hydrogen-bond acceptors (Lipinski definition) is 3. The average Bonchev–Trinajstić information content (AvgIpc) is 2.07. The molecule has 12 heavy (non-hydrogen) atoms. The van der Waals surface area contributed by atoms with Crippen molar-refractivity contribution >= 4 is 5.97 Å². The van der Waals surface area contributed by atoms with Crippen molar-refractivity contribution in [3.8, 4) is 5.75 Å². The second-order valence-corrected chi connectivity index (χ2v) is 1.93.